The lowest BCUT2D eigenvalue weighted by molar-refractivity contribution is 0.102. The van der Waals surface area contributed by atoms with Crippen LogP contribution in [0.1, 0.15) is 20.9 Å². The Labute approximate surface area is 161 Å². The molecule has 0 spiro atoms. The lowest BCUT2D eigenvalue weighted by atomic mass is 10.1. The summed E-state index contributed by atoms with van der Waals surface area (Å²) in [4.78, 5) is 15.6. The van der Waals surface area contributed by atoms with Gasteiger partial charge in [0.15, 0.2) is 0 Å². The first-order valence-corrected chi connectivity index (χ1v) is 9.53. The molecule has 0 aliphatic rings. The Kier molecular flexibility index (Phi) is 4.50. The number of nitrogens with one attached hydrogen (secondary N) is 2. The van der Waals surface area contributed by atoms with E-state index in [0.29, 0.717) is 17.1 Å². The maximum Gasteiger partial charge on any atom is 0.258 e. The van der Waals surface area contributed by atoms with Crippen LogP contribution in [-0.2, 0) is 6.42 Å². The summed E-state index contributed by atoms with van der Waals surface area (Å²) in [6.07, 6.45) is 2.68. The van der Waals surface area contributed by atoms with Gasteiger partial charge >= 0.3 is 0 Å². The summed E-state index contributed by atoms with van der Waals surface area (Å²) in [6, 6.07) is 15.6. The molecule has 0 saturated carbocycles. The quantitative estimate of drug-likeness (QED) is 0.442. The molecule has 2 aromatic heterocycles. The van der Waals surface area contributed by atoms with Crippen molar-refractivity contribution in [1.82, 2.24) is 15.2 Å². The average molecular weight is 460 g/mol. The third-order valence-corrected chi connectivity index (χ3v) is 5.60. The van der Waals surface area contributed by atoms with Crippen LogP contribution in [0.5, 0.6) is 0 Å². The number of rotatable bonds is 4. The summed E-state index contributed by atoms with van der Waals surface area (Å²) in [6.45, 7) is 0. The summed E-state index contributed by atoms with van der Waals surface area (Å²) < 4.78 is 0.904. The predicted molar refractivity (Wildman–Crippen MR) is 108 cm³/mol. The molecule has 4 aromatic rings. The first-order valence-electron chi connectivity index (χ1n) is 7.64. The third-order valence-electron chi connectivity index (χ3n) is 3.82. The molecule has 0 atom stereocenters. The van der Waals surface area contributed by atoms with Crippen molar-refractivity contribution in [3.63, 3.8) is 0 Å². The molecule has 0 radical (unpaired) electrons. The van der Waals surface area contributed by atoms with E-state index >= 15 is 0 Å². The summed E-state index contributed by atoms with van der Waals surface area (Å²) >= 11 is 3.55. The van der Waals surface area contributed by atoms with E-state index in [2.05, 4.69) is 49.2 Å². The molecule has 5 nitrogen and oxygen atoms in total. The van der Waals surface area contributed by atoms with E-state index in [1.165, 1.54) is 22.3 Å². The standard InChI is InChI=1S/C18H13IN4OS/c19-14-7-3-1-6-13(14)17(24)21-18-23-22-16(25-18)9-11-10-20-15-8-4-2-5-12(11)15/h1-8,10,20H,9H2,(H,21,23,24). The van der Waals surface area contributed by atoms with Gasteiger partial charge in [0, 0.05) is 27.1 Å². The largest absolute Gasteiger partial charge is 0.361 e. The summed E-state index contributed by atoms with van der Waals surface area (Å²) in [7, 11) is 0. The summed E-state index contributed by atoms with van der Waals surface area (Å²) in [5.74, 6) is -0.167. The van der Waals surface area contributed by atoms with Crippen LogP contribution in [0.25, 0.3) is 10.9 Å². The number of amides is 1. The highest BCUT2D eigenvalue weighted by Gasteiger charge is 2.13. The van der Waals surface area contributed by atoms with Crippen LogP contribution in [0.4, 0.5) is 5.13 Å². The number of H-pyrrole nitrogens is 1. The normalized spacial score (nSPS) is 10.9. The Balaban J connectivity index is 1.51. The molecule has 2 aromatic carbocycles. The number of nitrogens with zero attached hydrogens (tertiary/aromatic N) is 2. The molecule has 0 unspecified atom stereocenters. The van der Waals surface area contributed by atoms with Gasteiger partial charge in [-0.1, -0.05) is 41.7 Å². The highest BCUT2D eigenvalue weighted by Crippen LogP contribution is 2.24. The van der Waals surface area contributed by atoms with E-state index in [9.17, 15) is 4.79 Å². The van der Waals surface area contributed by atoms with E-state index < -0.39 is 0 Å². The van der Waals surface area contributed by atoms with Gasteiger partial charge in [-0.05, 0) is 46.4 Å². The highest BCUT2D eigenvalue weighted by atomic mass is 127. The molecular formula is C18H13IN4OS. The maximum absolute atomic E-state index is 12.4. The second-order valence-electron chi connectivity index (χ2n) is 5.47. The Hall–Kier alpha value is -2.26. The van der Waals surface area contributed by atoms with Crippen LogP contribution in [0, 0.1) is 3.57 Å². The van der Waals surface area contributed by atoms with Crippen molar-refractivity contribution in [2.24, 2.45) is 0 Å². The van der Waals surface area contributed by atoms with E-state index in [0.717, 1.165) is 14.1 Å². The molecule has 0 saturated heterocycles. The number of carbonyl (C=O) groups is 1. The van der Waals surface area contributed by atoms with Gasteiger partial charge in [0.05, 0.1) is 5.56 Å². The van der Waals surface area contributed by atoms with Crippen LogP contribution >= 0.6 is 33.9 Å². The first kappa shape index (κ1) is 16.2. The fraction of sp³-hybridized carbons (Fsp3) is 0.0556. The van der Waals surface area contributed by atoms with Crippen LogP contribution in [0.15, 0.2) is 54.7 Å². The van der Waals surface area contributed by atoms with Gasteiger partial charge in [-0.2, -0.15) is 0 Å². The summed E-state index contributed by atoms with van der Waals surface area (Å²) in [5.41, 5.74) is 2.91. The zero-order valence-electron chi connectivity index (χ0n) is 13.0. The van der Waals surface area contributed by atoms with Crippen molar-refractivity contribution >= 4 is 55.9 Å². The van der Waals surface area contributed by atoms with Crippen molar-refractivity contribution in [3.05, 3.63) is 74.4 Å². The lowest BCUT2D eigenvalue weighted by Gasteiger charge is -2.02. The van der Waals surface area contributed by atoms with Gasteiger partial charge in [0.2, 0.25) is 5.13 Å². The fourth-order valence-corrected chi connectivity index (χ4v) is 4.02. The smallest absolute Gasteiger partial charge is 0.258 e. The molecule has 0 bridgehead atoms. The van der Waals surface area contributed by atoms with E-state index in [-0.39, 0.29) is 5.91 Å². The van der Waals surface area contributed by atoms with E-state index in [4.69, 9.17) is 0 Å². The number of fused-ring (bicyclic) bond motifs is 1. The van der Waals surface area contributed by atoms with Crippen molar-refractivity contribution < 1.29 is 4.79 Å². The van der Waals surface area contributed by atoms with Gasteiger partial charge < -0.3 is 4.98 Å². The summed E-state index contributed by atoms with van der Waals surface area (Å²) in [5, 5.41) is 13.7. The Morgan fingerprint density at radius 2 is 1.92 bits per heavy atom. The molecular weight excluding hydrogens is 447 g/mol. The highest BCUT2D eigenvalue weighted by molar-refractivity contribution is 14.1. The van der Waals surface area contributed by atoms with Crippen molar-refractivity contribution in [2.45, 2.75) is 6.42 Å². The number of carbonyl (C=O) groups excluding carboxylic acids is 1. The Bertz CT molecular complexity index is 1060. The molecule has 0 aliphatic heterocycles. The molecule has 7 heteroatoms. The van der Waals surface area contributed by atoms with Crippen molar-refractivity contribution in [3.8, 4) is 0 Å². The van der Waals surface area contributed by atoms with Gasteiger partial charge in [0.25, 0.3) is 5.91 Å². The third kappa shape index (κ3) is 3.42. The zero-order valence-corrected chi connectivity index (χ0v) is 16.0. The minimum atomic E-state index is -0.167. The molecule has 4 rings (SSSR count). The lowest BCUT2D eigenvalue weighted by Crippen LogP contribution is -2.13. The van der Waals surface area contributed by atoms with Gasteiger partial charge in [-0.3, -0.25) is 10.1 Å². The number of hydrogen-bond donors (Lipinski definition) is 2. The number of benzene rings is 2. The minimum absolute atomic E-state index is 0.167. The Morgan fingerprint density at radius 3 is 2.80 bits per heavy atom. The maximum atomic E-state index is 12.4. The zero-order chi connectivity index (χ0) is 17.2. The number of halogens is 1. The van der Waals surface area contributed by atoms with Crippen molar-refractivity contribution in [1.29, 1.82) is 0 Å². The number of hydrogen-bond acceptors (Lipinski definition) is 4. The minimum Gasteiger partial charge on any atom is -0.361 e. The molecule has 124 valence electrons. The average Bonchev–Trinajstić information content (AvgIpc) is 3.23. The molecule has 0 aliphatic carbocycles. The number of aromatic nitrogens is 3. The predicted octanol–water partition coefficient (Wildman–Crippen LogP) is 4.47. The van der Waals surface area contributed by atoms with Crippen LogP contribution in [0.3, 0.4) is 0 Å². The molecule has 2 heterocycles. The number of anilines is 1. The molecule has 1 amide bonds. The molecule has 2 N–H and O–H groups in total. The van der Waals surface area contributed by atoms with Gasteiger partial charge in [0.1, 0.15) is 5.01 Å². The number of para-hydroxylation sites is 1. The van der Waals surface area contributed by atoms with Crippen LogP contribution in [0.2, 0.25) is 0 Å². The SMILES string of the molecule is O=C(Nc1nnc(Cc2c[nH]c3ccccc23)s1)c1ccccc1I. The first-order chi connectivity index (χ1) is 12.2. The van der Waals surface area contributed by atoms with E-state index in [1.54, 1.807) is 6.07 Å². The Morgan fingerprint density at radius 1 is 1.12 bits per heavy atom. The van der Waals surface area contributed by atoms with Crippen molar-refractivity contribution in [2.75, 3.05) is 5.32 Å². The second kappa shape index (κ2) is 6.93. The fourth-order valence-electron chi connectivity index (χ4n) is 2.63. The van der Waals surface area contributed by atoms with Gasteiger partial charge in [-0.25, -0.2) is 0 Å². The van der Waals surface area contributed by atoms with Crippen LogP contribution in [-0.4, -0.2) is 21.1 Å². The van der Waals surface area contributed by atoms with E-state index in [1.807, 2.05) is 42.6 Å². The second-order valence-corrected chi connectivity index (χ2v) is 7.70. The monoisotopic (exact) mass is 460 g/mol. The van der Waals surface area contributed by atoms with Gasteiger partial charge in [-0.15, -0.1) is 10.2 Å². The number of aromatic amines is 1. The molecule has 0 fully saturated rings. The topological polar surface area (TPSA) is 70.7 Å². The molecule has 25 heavy (non-hydrogen) atoms. The van der Waals surface area contributed by atoms with Crippen LogP contribution < -0.4 is 5.32 Å².